The average Bonchev–Trinajstić information content (AvgIpc) is 3.23. The van der Waals surface area contributed by atoms with Crippen LogP contribution in [0.15, 0.2) is 18.3 Å². The molecule has 2 aliphatic rings. The highest BCUT2D eigenvalue weighted by molar-refractivity contribution is 5.94. The van der Waals surface area contributed by atoms with Crippen LogP contribution in [0.25, 0.3) is 0 Å². The highest BCUT2D eigenvalue weighted by Crippen LogP contribution is 2.61. The number of hydrogen-bond acceptors (Lipinski definition) is 3. The summed E-state index contributed by atoms with van der Waals surface area (Å²) in [6.45, 7) is 1.95. The van der Waals surface area contributed by atoms with Crippen molar-refractivity contribution in [3.05, 3.63) is 29.6 Å². The van der Waals surface area contributed by atoms with Gasteiger partial charge in [-0.1, -0.05) is 19.3 Å². The van der Waals surface area contributed by atoms with E-state index in [1.54, 1.807) is 6.20 Å². The van der Waals surface area contributed by atoms with Crippen molar-refractivity contribution in [2.75, 3.05) is 0 Å². The molecule has 2 saturated carbocycles. The summed E-state index contributed by atoms with van der Waals surface area (Å²) in [5, 5.41) is 9.57. The van der Waals surface area contributed by atoms with E-state index < -0.39 is 5.41 Å². The zero-order chi connectivity index (χ0) is 14.2. The number of carbonyl (C=O) groups excluding carboxylic acids is 1. The third-order valence-electron chi connectivity index (χ3n) is 4.90. The molecule has 0 aromatic carbocycles. The first-order chi connectivity index (χ1) is 9.67. The van der Waals surface area contributed by atoms with Crippen LogP contribution in [0.1, 0.15) is 55.7 Å². The largest absolute Gasteiger partial charge is 0.298 e. The maximum Gasteiger partial charge on any atom is 0.156 e. The Labute approximate surface area is 120 Å². The molecule has 0 N–H and O–H groups in total. The van der Waals surface area contributed by atoms with Gasteiger partial charge in [0.2, 0.25) is 0 Å². The van der Waals surface area contributed by atoms with Crippen molar-refractivity contribution in [1.82, 2.24) is 4.98 Å². The molecule has 0 spiro atoms. The lowest BCUT2D eigenvalue weighted by atomic mass is 9.79. The molecule has 2 unspecified atom stereocenters. The number of aromatic nitrogens is 1. The zero-order valence-electron chi connectivity index (χ0n) is 11.9. The van der Waals surface area contributed by atoms with Crippen molar-refractivity contribution in [3.63, 3.8) is 0 Å². The smallest absolute Gasteiger partial charge is 0.156 e. The van der Waals surface area contributed by atoms with Crippen LogP contribution in [0.2, 0.25) is 0 Å². The van der Waals surface area contributed by atoms with Gasteiger partial charge in [0, 0.05) is 23.7 Å². The van der Waals surface area contributed by atoms with Gasteiger partial charge in [-0.25, -0.2) is 0 Å². The minimum absolute atomic E-state index is 0.0867. The molecule has 1 heterocycles. The maximum absolute atomic E-state index is 12.7. The van der Waals surface area contributed by atoms with Gasteiger partial charge in [0.1, 0.15) is 5.41 Å². The summed E-state index contributed by atoms with van der Waals surface area (Å²) in [6, 6.07) is 6.31. The number of nitriles is 1. The van der Waals surface area contributed by atoms with E-state index in [0.29, 0.717) is 6.42 Å². The minimum atomic E-state index is -0.740. The van der Waals surface area contributed by atoms with Gasteiger partial charge in [-0.2, -0.15) is 5.26 Å². The van der Waals surface area contributed by atoms with E-state index >= 15 is 0 Å². The van der Waals surface area contributed by atoms with Crippen LogP contribution >= 0.6 is 0 Å². The molecule has 2 aliphatic carbocycles. The molecule has 0 bridgehead atoms. The highest BCUT2D eigenvalue weighted by atomic mass is 16.1. The lowest BCUT2D eigenvalue weighted by Gasteiger charge is -2.22. The normalized spacial score (nSPS) is 29.7. The predicted molar refractivity (Wildman–Crippen MR) is 76.0 cm³/mol. The van der Waals surface area contributed by atoms with Crippen LogP contribution in [-0.2, 0) is 4.79 Å². The fourth-order valence-electron chi connectivity index (χ4n) is 3.63. The number of pyridine rings is 1. The van der Waals surface area contributed by atoms with Crippen LogP contribution in [0.3, 0.4) is 0 Å². The van der Waals surface area contributed by atoms with Gasteiger partial charge in [0.25, 0.3) is 0 Å². The molecule has 3 nitrogen and oxygen atoms in total. The summed E-state index contributed by atoms with van der Waals surface area (Å²) in [6.07, 6.45) is 7.93. The van der Waals surface area contributed by atoms with E-state index in [4.69, 9.17) is 0 Å². The number of Topliss-reactive ketones (excluding diaryl/α,β-unsaturated/α-hetero) is 1. The van der Waals surface area contributed by atoms with Crippen molar-refractivity contribution in [3.8, 4) is 6.07 Å². The molecule has 0 amide bonds. The van der Waals surface area contributed by atoms with Crippen molar-refractivity contribution in [2.24, 2.45) is 11.3 Å². The lowest BCUT2D eigenvalue weighted by Crippen LogP contribution is -2.27. The van der Waals surface area contributed by atoms with Crippen LogP contribution in [0.5, 0.6) is 0 Å². The molecule has 104 valence electrons. The van der Waals surface area contributed by atoms with Crippen molar-refractivity contribution >= 4 is 5.78 Å². The Bertz CT molecular complexity index is 569. The second kappa shape index (κ2) is 5.01. The second-order valence-electron chi connectivity index (χ2n) is 6.27. The predicted octanol–water partition coefficient (Wildman–Crippen LogP) is 3.54. The fraction of sp³-hybridized carbons (Fsp3) is 0.588. The van der Waals surface area contributed by atoms with E-state index in [-0.39, 0.29) is 17.6 Å². The Hall–Kier alpha value is -1.69. The number of nitrogens with zero attached hydrogens (tertiary/aromatic N) is 2. The fourth-order valence-corrected chi connectivity index (χ4v) is 3.63. The summed E-state index contributed by atoms with van der Waals surface area (Å²) in [5.74, 6) is 0.416. The van der Waals surface area contributed by atoms with Gasteiger partial charge >= 0.3 is 0 Å². The van der Waals surface area contributed by atoms with Crippen LogP contribution in [0, 0.1) is 29.6 Å². The second-order valence-corrected chi connectivity index (χ2v) is 6.27. The molecule has 1 aromatic heterocycles. The van der Waals surface area contributed by atoms with Crippen molar-refractivity contribution in [1.29, 1.82) is 5.26 Å². The number of carbonyl (C=O) groups is 1. The topological polar surface area (TPSA) is 53.8 Å². The van der Waals surface area contributed by atoms with Crippen molar-refractivity contribution < 1.29 is 4.79 Å². The van der Waals surface area contributed by atoms with E-state index in [1.165, 1.54) is 6.42 Å². The molecule has 20 heavy (non-hydrogen) atoms. The SMILES string of the molecule is Cc1cc(C2CC2(C#N)C(=O)C2CCCCC2)ccn1. The third kappa shape index (κ3) is 2.14. The van der Waals surface area contributed by atoms with Gasteiger partial charge < -0.3 is 0 Å². The Balaban J connectivity index is 1.81. The summed E-state index contributed by atoms with van der Waals surface area (Å²) >= 11 is 0. The van der Waals surface area contributed by atoms with Crippen molar-refractivity contribution in [2.45, 2.75) is 51.4 Å². The van der Waals surface area contributed by atoms with E-state index in [1.807, 2.05) is 19.1 Å². The summed E-state index contributed by atoms with van der Waals surface area (Å²) < 4.78 is 0. The van der Waals surface area contributed by atoms with E-state index in [2.05, 4.69) is 11.1 Å². The summed E-state index contributed by atoms with van der Waals surface area (Å²) in [4.78, 5) is 16.9. The molecule has 3 heteroatoms. The van der Waals surface area contributed by atoms with Crippen LogP contribution < -0.4 is 0 Å². The molecule has 2 atom stereocenters. The van der Waals surface area contributed by atoms with Gasteiger partial charge in [-0.3, -0.25) is 9.78 Å². The molecule has 0 radical (unpaired) electrons. The average molecular weight is 268 g/mol. The van der Waals surface area contributed by atoms with E-state index in [9.17, 15) is 10.1 Å². The Morgan fingerprint density at radius 1 is 1.40 bits per heavy atom. The first-order valence-electron chi connectivity index (χ1n) is 7.55. The zero-order valence-corrected chi connectivity index (χ0v) is 11.9. The van der Waals surface area contributed by atoms with Gasteiger partial charge in [-0.05, 0) is 43.9 Å². The number of rotatable bonds is 3. The maximum atomic E-state index is 12.7. The Kier molecular flexibility index (Phi) is 3.33. The quantitative estimate of drug-likeness (QED) is 0.842. The first-order valence-corrected chi connectivity index (χ1v) is 7.55. The highest BCUT2D eigenvalue weighted by Gasteiger charge is 2.62. The number of ketones is 1. The third-order valence-corrected chi connectivity index (χ3v) is 4.90. The molecular formula is C17H20N2O. The van der Waals surface area contributed by atoms with Gasteiger partial charge in [0.15, 0.2) is 5.78 Å². The minimum Gasteiger partial charge on any atom is -0.298 e. The van der Waals surface area contributed by atoms with E-state index in [0.717, 1.165) is 36.9 Å². The molecule has 1 aromatic rings. The van der Waals surface area contributed by atoms with Crippen LogP contribution in [-0.4, -0.2) is 10.8 Å². The summed E-state index contributed by atoms with van der Waals surface area (Å²) in [7, 11) is 0. The Morgan fingerprint density at radius 3 is 2.80 bits per heavy atom. The monoisotopic (exact) mass is 268 g/mol. The molecule has 2 fully saturated rings. The summed E-state index contributed by atoms with van der Waals surface area (Å²) in [5.41, 5.74) is 1.31. The van der Waals surface area contributed by atoms with Crippen LogP contribution in [0.4, 0.5) is 0 Å². The number of hydrogen-bond donors (Lipinski definition) is 0. The van der Waals surface area contributed by atoms with Gasteiger partial charge in [-0.15, -0.1) is 0 Å². The molecular weight excluding hydrogens is 248 g/mol. The lowest BCUT2D eigenvalue weighted by molar-refractivity contribution is -0.127. The van der Waals surface area contributed by atoms with Gasteiger partial charge in [0.05, 0.1) is 6.07 Å². The Morgan fingerprint density at radius 2 is 2.15 bits per heavy atom. The molecule has 0 saturated heterocycles. The standard InChI is InChI=1S/C17H20N2O/c1-12-9-14(7-8-19-12)15-10-17(15,11-18)16(20)13-5-3-2-4-6-13/h7-9,13,15H,2-6,10H2,1H3. The molecule has 0 aliphatic heterocycles. The number of aryl methyl sites for hydroxylation is 1. The first kappa shape index (κ1) is 13.3. The molecule has 3 rings (SSSR count).